The van der Waals surface area contributed by atoms with Crippen LogP contribution in [0.2, 0.25) is 0 Å². The molecule has 4 heterocycles. The number of rotatable bonds is 12. The van der Waals surface area contributed by atoms with Crippen molar-refractivity contribution >= 4 is 44.9 Å². The SMILES string of the molecule is CC(C)Oc1ccc(-c2cc(O[C@@H]3C[C@H]4C(=O)C[C@]5(C(=O)NS(=O)(=O)C6(C)CC6)C[C@H]5/C=C\CC[C@@H](C)C[C@@H](C)[C@H](CC(=O)OC(C)(C)C(F)(F)F)C(=O)N4C3)cc(-c3nccs3)n2)cc1. The predicted molar refractivity (Wildman–Crippen MR) is 242 cm³/mol. The second-order valence-electron chi connectivity index (χ2n) is 19.7. The number of carbonyl (C=O) groups excluding carboxylic acids is 4. The lowest BCUT2D eigenvalue weighted by Gasteiger charge is -2.33. The molecule has 358 valence electrons. The summed E-state index contributed by atoms with van der Waals surface area (Å²) in [6, 6.07) is 9.66. The van der Waals surface area contributed by atoms with Crippen LogP contribution in [0.3, 0.4) is 0 Å². The molecule has 2 aromatic heterocycles. The highest BCUT2D eigenvalue weighted by atomic mass is 32.2. The molecule has 1 saturated heterocycles. The average Bonchev–Trinajstić information content (AvgIpc) is 3.98. The number of benzene rings is 1. The first-order valence-corrected chi connectivity index (χ1v) is 25.0. The lowest BCUT2D eigenvalue weighted by atomic mass is 9.82. The number of halogens is 3. The van der Waals surface area contributed by atoms with Gasteiger partial charge in [-0.3, -0.25) is 23.9 Å². The van der Waals surface area contributed by atoms with Crippen LogP contribution in [-0.4, -0.2) is 88.2 Å². The number of ketones is 1. The van der Waals surface area contributed by atoms with E-state index in [1.807, 2.05) is 62.6 Å². The number of thiazole rings is 1. The van der Waals surface area contributed by atoms with E-state index < -0.39 is 91.8 Å². The fourth-order valence-electron chi connectivity index (χ4n) is 9.00. The lowest BCUT2D eigenvalue weighted by Crippen LogP contribution is -2.48. The second-order valence-corrected chi connectivity index (χ2v) is 22.8. The van der Waals surface area contributed by atoms with Crippen molar-refractivity contribution in [2.24, 2.45) is 29.1 Å². The number of allylic oxidation sites excluding steroid dienone is 2. The van der Waals surface area contributed by atoms with Crippen LogP contribution in [-0.2, 0) is 33.9 Å². The fourth-order valence-corrected chi connectivity index (χ4v) is 10.9. The summed E-state index contributed by atoms with van der Waals surface area (Å²) in [6.07, 6.45) is 1.30. The molecule has 7 atom stereocenters. The number of alkyl halides is 3. The number of ether oxygens (including phenoxy) is 3. The highest BCUT2D eigenvalue weighted by Crippen LogP contribution is 2.58. The van der Waals surface area contributed by atoms with Crippen molar-refractivity contribution in [2.75, 3.05) is 6.54 Å². The van der Waals surface area contributed by atoms with Crippen molar-refractivity contribution in [1.82, 2.24) is 19.6 Å². The van der Waals surface area contributed by atoms with Gasteiger partial charge in [-0.05, 0) is 115 Å². The van der Waals surface area contributed by atoms with Crippen LogP contribution in [0.1, 0.15) is 106 Å². The zero-order valence-electron chi connectivity index (χ0n) is 38.4. The number of aromatic nitrogens is 2. The van der Waals surface area contributed by atoms with Gasteiger partial charge in [-0.15, -0.1) is 11.3 Å². The third-order valence-electron chi connectivity index (χ3n) is 13.5. The Morgan fingerprint density at radius 1 is 1.03 bits per heavy atom. The van der Waals surface area contributed by atoms with E-state index in [2.05, 4.69) is 9.71 Å². The van der Waals surface area contributed by atoms with Gasteiger partial charge >= 0.3 is 12.1 Å². The second kappa shape index (κ2) is 18.7. The molecule has 0 bridgehead atoms. The molecule has 18 heteroatoms. The van der Waals surface area contributed by atoms with Crippen LogP contribution >= 0.6 is 11.3 Å². The molecule has 0 spiro atoms. The molecule has 3 fully saturated rings. The van der Waals surface area contributed by atoms with Crippen molar-refractivity contribution < 1.29 is 55.0 Å². The maximum absolute atomic E-state index is 15.1. The molecule has 66 heavy (non-hydrogen) atoms. The van der Waals surface area contributed by atoms with Gasteiger partial charge in [0.1, 0.15) is 28.3 Å². The first kappa shape index (κ1) is 49.1. The van der Waals surface area contributed by atoms with Gasteiger partial charge in [-0.25, -0.2) is 18.4 Å². The van der Waals surface area contributed by atoms with Gasteiger partial charge in [0.05, 0.1) is 46.9 Å². The van der Waals surface area contributed by atoms with Gasteiger partial charge in [0, 0.05) is 42.1 Å². The van der Waals surface area contributed by atoms with Gasteiger partial charge in [0.15, 0.2) is 5.78 Å². The number of nitrogens with zero attached hydrogens (tertiary/aromatic N) is 3. The van der Waals surface area contributed by atoms with E-state index in [1.165, 1.54) is 16.2 Å². The molecule has 2 aliphatic carbocycles. The average molecular weight is 957 g/mol. The number of Topliss-reactive ketones (excluding diaryl/α,β-unsaturated/α-hetero) is 1. The Kier molecular flexibility index (Phi) is 13.9. The Hall–Kier alpha value is -4.84. The summed E-state index contributed by atoms with van der Waals surface area (Å²) >= 11 is 1.38. The topological polar surface area (TPSA) is 171 Å². The first-order valence-electron chi connectivity index (χ1n) is 22.6. The molecule has 2 saturated carbocycles. The third kappa shape index (κ3) is 10.8. The maximum atomic E-state index is 15.1. The monoisotopic (exact) mass is 956 g/mol. The van der Waals surface area contributed by atoms with Crippen molar-refractivity contribution in [3.63, 3.8) is 0 Å². The maximum Gasteiger partial charge on any atom is 0.427 e. The Bertz CT molecular complexity index is 2440. The van der Waals surface area contributed by atoms with Crippen LogP contribution in [0.15, 0.2) is 60.1 Å². The van der Waals surface area contributed by atoms with E-state index in [0.29, 0.717) is 60.0 Å². The van der Waals surface area contributed by atoms with Crippen LogP contribution in [0.5, 0.6) is 11.5 Å². The van der Waals surface area contributed by atoms with Crippen molar-refractivity contribution in [2.45, 2.75) is 141 Å². The van der Waals surface area contributed by atoms with E-state index in [0.717, 1.165) is 19.4 Å². The van der Waals surface area contributed by atoms with E-state index in [9.17, 15) is 36.0 Å². The molecule has 2 amide bonds. The molecular weight excluding hydrogens is 898 g/mol. The zero-order valence-corrected chi connectivity index (χ0v) is 40.0. The number of hydrogen-bond donors (Lipinski definition) is 1. The minimum atomic E-state index is -4.88. The van der Waals surface area contributed by atoms with Gasteiger partial charge in [-0.2, -0.15) is 13.2 Å². The van der Waals surface area contributed by atoms with Crippen LogP contribution in [0.4, 0.5) is 13.2 Å². The van der Waals surface area contributed by atoms with Crippen molar-refractivity contribution in [3.8, 4) is 33.5 Å². The number of sulfonamides is 1. The summed E-state index contributed by atoms with van der Waals surface area (Å²) in [4.78, 5) is 68.1. The Morgan fingerprint density at radius 2 is 1.73 bits per heavy atom. The smallest absolute Gasteiger partial charge is 0.427 e. The molecule has 7 rings (SSSR count). The molecule has 13 nitrogen and oxygen atoms in total. The standard InChI is InChI=1S/C48H59F3N4O9S2/c1-28(2)62-33-14-12-31(13-15-33)37-21-34(22-38(53-37)42-52-18-19-65-42)63-35-23-39-40(56)26-47(44(59)54-66(60,61)46(7)16-17-46)25-32(47)11-9-8-10-29(3)20-30(4)36(43(58)55(39)27-35)24-41(57)64-45(5,6)48(49,50)51/h9,11-15,18-19,21-22,28-30,32,35-36,39H,8,10,16-17,20,23-27H2,1-7H3,(H,54,59)/b11-9-/t29-,30-,32-,35-,36+,39+,47-/m1/s1. The summed E-state index contributed by atoms with van der Waals surface area (Å²) in [7, 11) is -4.05. The molecule has 1 aromatic carbocycles. The minimum absolute atomic E-state index is 0.00310. The largest absolute Gasteiger partial charge is 0.491 e. The van der Waals surface area contributed by atoms with Gasteiger partial charge in [0.25, 0.3) is 0 Å². The number of carbonyl (C=O) groups is 4. The molecule has 4 aliphatic rings. The Labute approximate surface area is 388 Å². The normalized spacial score (nSPS) is 27.5. The summed E-state index contributed by atoms with van der Waals surface area (Å²) in [6.45, 7) is 10.5. The van der Waals surface area contributed by atoms with Gasteiger partial charge < -0.3 is 19.1 Å². The van der Waals surface area contributed by atoms with E-state index in [-0.39, 0.29) is 37.8 Å². The van der Waals surface area contributed by atoms with E-state index in [4.69, 9.17) is 19.2 Å². The molecule has 1 N–H and O–H groups in total. The number of esters is 1. The van der Waals surface area contributed by atoms with E-state index in [1.54, 1.807) is 32.2 Å². The van der Waals surface area contributed by atoms with E-state index >= 15 is 4.79 Å². The number of pyridine rings is 1. The lowest BCUT2D eigenvalue weighted by molar-refractivity contribution is -0.257. The number of hydrogen-bond acceptors (Lipinski definition) is 12. The minimum Gasteiger partial charge on any atom is -0.491 e. The summed E-state index contributed by atoms with van der Waals surface area (Å²) < 4.78 is 87.0. The van der Waals surface area contributed by atoms with Gasteiger partial charge in [-0.1, -0.05) is 26.0 Å². The summed E-state index contributed by atoms with van der Waals surface area (Å²) in [5.41, 5.74) is -2.42. The van der Waals surface area contributed by atoms with Crippen LogP contribution in [0.25, 0.3) is 22.0 Å². The number of fused-ring (bicyclic) bond motifs is 2. The first-order chi connectivity index (χ1) is 30.9. The van der Waals surface area contributed by atoms with Crippen molar-refractivity contribution in [3.05, 3.63) is 60.1 Å². The van der Waals surface area contributed by atoms with Crippen LogP contribution in [0, 0.1) is 29.1 Å². The molecular formula is C48H59F3N4O9S2. The quantitative estimate of drug-likeness (QED) is 0.136. The van der Waals surface area contributed by atoms with Gasteiger partial charge in [0.2, 0.25) is 27.4 Å². The summed E-state index contributed by atoms with van der Waals surface area (Å²) in [5.74, 6) is -4.23. The highest BCUT2D eigenvalue weighted by Gasteiger charge is 2.63. The Balaban J connectivity index is 1.24. The highest BCUT2D eigenvalue weighted by molar-refractivity contribution is 7.91. The van der Waals surface area contributed by atoms with Crippen LogP contribution < -0.4 is 14.2 Å². The predicted octanol–water partition coefficient (Wildman–Crippen LogP) is 8.87. The molecule has 3 aromatic rings. The van der Waals surface area contributed by atoms with Crippen molar-refractivity contribution in [1.29, 1.82) is 0 Å². The zero-order chi connectivity index (χ0) is 48.0. The molecule has 2 aliphatic heterocycles. The Morgan fingerprint density at radius 3 is 2.36 bits per heavy atom. The molecule has 0 unspecified atom stereocenters. The third-order valence-corrected chi connectivity index (χ3v) is 16.5. The molecule has 0 radical (unpaired) electrons. The fraction of sp³-hybridized carbons (Fsp3) is 0.583. The number of nitrogens with one attached hydrogen (secondary N) is 1. The summed E-state index contributed by atoms with van der Waals surface area (Å²) in [5, 5.41) is 2.43. The number of amides is 2.